The fourth-order valence-corrected chi connectivity index (χ4v) is 2.79. The van der Waals surface area contributed by atoms with Gasteiger partial charge in [-0.3, -0.25) is 14.9 Å². The average molecular weight is 355 g/mol. The molecular weight excluding hydrogens is 343 g/mol. The van der Waals surface area contributed by atoms with Crippen LogP contribution < -0.4 is 5.32 Å². The van der Waals surface area contributed by atoms with Crippen molar-refractivity contribution >= 4 is 40.6 Å². The average Bonchev–Trinajstić information content (AvgIpc) is 2.49. The summed E-state index contributed by atoms with van der Waals surface area (Å²) in [6.07, 6.45) is 0. The van der Waals surface area contributed by atoms with Gasteiger partial charge in [0.1, 0.15) is 5.82 Å². The van der Waals surface area contributed by atoms with E-state index in [9.17, 15) is 19.3 Å². The van der Waals surface area contributed by atoms with Crippen LogP contribution in [0.3, 0.4) is 0 Å². The molecule has 0 atom stereocenters. The maximum absolute atomic E-state index is 13.6. The van der Waals surface area contributed by atoms with E-state index in [1.807, 2.05) is 12.1 Å². The van der Waals surface area contributed by atoms with Gasteiger partial charge in [-0.05, 0) is 23.8 Å². The Labute approximate surface area is 141 Å². The van der Waals surface area contributed by atoms with Crippen LogP contribution in [0.15, 0.2) is 42.5 Å². The van der Waals surface area contributed by atoms with Crippen LogP contribution in [-0.4, -0.2) is 16.6 Å². The molecule has 0 heterocycles. The van der Waals surface area contributed by atoms with Crippen molar-refractivity contribution in [2.45, 2.75) is 5.75 Å². The van der Waals surface area contributed by atoms with E-state index in [1.165, 1.54) is 11.8 Å². The van der Waals surface area contributed by atoms with E-state index in [2.05, 4.69) is 5.32 Å². The third-order valence-corrected chi connectivity index (χ3v) is 4.06. The predicted molar refractivity (Wildman–Crippen MR) is 89.3 cm³/mol. The Hall–Kier alpha value is -2.12. The molecule has 1 N–H and O–H groups in total. The first-order chi connectivity index (χ1) is 11.0. The van der Waals surface area contributed by atoms with Crippen molar-refractivity contribution in [3.05, 3.63) is 69.0 Å². The molecule has 0 radical (unpaired) electrons. The third-order valence-electron chi connectivity index (χ3n) is 2.83. The van der Waals surface area contributed by atoms with Gasteiger partial charge in [-0.15, -0.1) is 11.8 Å². The first-order valence-electron chi connectivity index (χ1n) is 6.51. The first-order valence-corrected chi connectivity index (χ1v) is 8.05. The molecule has 8 heteroatoms. The molecule has 5 nitrogen and oxygen atoms in total. The highest BCUT2D eigenvalue weighted by molar-refractivity contribution is 7.99. The number of nitrogens with zero attached hydrogens (tertiary/aromatic N) is 1. The second kappa shape index (κ2) is 7.94. The highest BCUT2D eigenvalue weighted by Crippen LogP contribution is 2.22. The van der Waals surface area contributed by atoms with Gasteiger partial charge >= 0.3 is 0 Å². The predicted octanol–water partition coefficient (Wildman–Crippen LogP) is 4.26. The summed E-state index contributed by atoms with van der Waals surface area (Å²) in [5.74, 6) is -0.486. The summed E-state index contributed by atoms with van der Waals surface area (Å²) in [6, 6.07) is 10.2. The van der Waals surface area contributed by atoms with Gasteiger partial charge in [-0.2, -0.15) is 0 Å². The number of amides is 1. The van der Waals surface area contributed by atoms with Crippen molar-refractivity contribution in [1.82, 2.24) is 0 Å². The van der Waals surface area contributed by atoms with Crippen LogP contribution in [0, 0.1) is 15.9 Å². The van der Waals surface area contributed by atoms with Crippen molar-refractivity contribution < 1.29 is 14.1 Å². The Balaban J connectivity index is 1.90. The molecule has 2 rings (SSSR count). The highest BCUT2D eigenvalue weighted by atomic mass is 35.5. The lowest BCUT2D eigenvalue weighted by molar-refractivity contribution is -0.384. The summed E-state index contributed by atoms with van der Waals surface area (Å²) in [5.41, 5.74) is 0.484. The third kappa shape index (κ3) is 5.22. The van der Waals surface area contributed by atoms with Crippen LogP contribution in [0.4, 0.5) is 15.8 Å². The van der Waals surface area contributed by atoms with E-state index in [1.54, 1.807) is 12.1 Å². The monoisotopic (exact) mass is 354 g/mol. The number of carbonyl (C=O) groups is 1. The number of nitro groups is 1. The van der Waals surface area contributed by atoms with Crippen molar-refractivity contribution in [3.63, 3.8) is 0 Å². The van der Waals surface area contributed by atoms with Crippen LogP contribution in [0.25, 0.3) is 0 Å². The normalized spacial score (nSPS) is 10.3. The Bertz CT molecular complexity index is 742. The molecule has 2 aromatic carbocycles. The Morgan fingerprint density at radius 1 is 1.30 bits per heavy atom. The summed E-state index contributed by atoms with van der Waals surface area (Å²) >= 11 is 7.20. The van der Waals surface area contributed by atoms with Crippen LogP contribution in [-0.2, 0) is 10.5 Å². The lowest BCUT2D eigenvalue weighted by atomic mass is 10.2. The van der Waals surface area contributed by atoms with Gasteiger partial charge in [0.25, 0.3) is 5.69 Å². The Morgan fingerprint density at radius 2 is 2.09 bits per heavy atom. The number of hydrogen-bond donors (Lipinski definition) is 1. The van der Waals surface area contributed by atoms with Gasteiger partial charge in [0, 0.05) is 22.9 Å². The summed E-state index contributed by atoms with van der Waals surface area (Å²) in [5, 5.41) is 13.6. The fraction of sp³-hybridized carbons (Fsp3) is 0.133. The number of non-ortho nitro benzene ring substituents is 1. The molecule has 0 bridgehead atoms. The van der Waals surface area contributed by atoms with Gasteiger partial charge in [0.2, 0.25) is 5.91 Å². The number of rotatable bonds is 6. The smallest absolute Gasteiger partial charge is 0.271 e. The van der Waals surface area contributed by atoms with Crippen LogP contribution in [0.1, 0.15) is 5.56 Å². The molecule has 120 valence electrons. The lowest BCUT2D eigenvalue weighted by Crippen LogP contribution is -2.15. The number of nitro benzene ring substituents is 1. The molecule has 0 spiro atoms. The Kier molecular flexibility index (Phi) is 5.95. The molecule has 0 saturated heterocycles. The van der Waals surface area contributed by atoms with E-state index >= 15 is 0 Å². The minimum atomic E-state index is -0.719. The molecule has 0 aliphatic heterocycles. The first kappa shape index (κ1) is 17.2. The van der Waals surface area contributed by atoms with Crippen molar-refractivity contribution in [2.75, 3.05) is 11.1 Å². The van der Waals surface area contributed by atoms with E-state index in [0.717, 1.165) is 23.8 Å². The zero-order chi connectivity index (χ0) is 16.8. The van der Waals surface area contributed by atoms with Gasteiger partial charge < -0.3 is 5.32 Å². The van der Waals surface area contributed by atoms with Gasteiger partial charge in [-0.25, -0.2) is 4.39 Å². The second-order valence-corrected chi connectivity index (χ2v) is 6.01. The molecule has 0 unspecified atom stereocenters. The molecule has 0 aromatic heterocycles. The quantitative estimate of drug-likeness (QED) is 0.621. The number of thioether (sulfide) groups is 1. The maximum Gasteiger partial charge on any atom is 0.271 e. The summed E-state index contributed by atoms with van der Waals surface area (Å²) in [4.78, 5) is 21.8. The maximum atomic E-state index is 13.6. The number of hydrogen-bond acceptors (Lipinski definition) is 4. The number of halogens is 2. The second-order valence-electron chi connectivity index (χ2n) is 4.59. The zero-order valence-electron chi connectivity index (χ0n) is 11.8. The number of benzene rings is 2. The lowest BCUT2D eigenvalue weighted by Gasteiger charge is -2.06. The van der Waals surface area contributed by atoms with Gasteiger partial charge in [0.15, 0.2) is 0 Å². The standard InChI is InChI=1S/C15H12ClFN2O3S/c16-11-3-1-2-10(6-11)8-23-9-15(20)18-14-7-12(19(21)22)4-5-13(14)17/h1-7H,8-9H2,(H,18,20). The van der Waals surface area contributed by atoms with Gasteiger partial charge in [-0.1, -0.05) is 23.7 Å². The zero-order valence-corrected chi connectivity index (χ0v) is 13.4. The highest BCUT2D eigenvalue weighted by Gasteiger charge is 2.13. The molecule has 0 fully saturated rings. The minimum Gasteiger partial charge on any atom is -0.323 e. The minimum absolute atomic E-state index is 0.0919. The fourth-order valence-electron chi connectivity index (χ4n) is 1.80. The van der Waals surface area contributed by atoms with Crippen LogP contribution in [0.2, 0.25) is 5.02 Å². The molecule has 0 saturated carbocycles. The Morgan fingerprint density at radius 3 is 2.78 bits per heavy atom. The summed E-state index contributed by atoms with van der Waals surface area (Å²) in [7, 11) is 0. The van der Waals surface area contributed by atoms with Crippen LogP contribution in [0.5, 0.6) is 0 Å². The van der Waals surface area contributed by atoms with Crippen molar-refractivity contribution in [2.24, 2.45) is 0 Å². The van der Waals surface area contributed by atoms with Gasteiger partial charge in [0.05, 0.1) is 16.4 Å². The summed E-state index contributed by atoms with van der Waals surface area (Å²) in [6.45, 7) is 0. The molecule has 0 aliphatic carbocycles. The van der Waals surface area contributed by atoms with E-state index in [4.69, 9.17) is 11.6 Å². The SMILES string of the molecule is O=C(CSCc1cccc(Cl)c1)Nc1cc([N+](=O)[O-])ccc1F. The van der Waals surface area contributed by atoms with E-state index in [0.29, 0.717) is 10.8 Å². The molecule has 2 aromatic rings. The van der Waals surface area contributed by atoms with Crippen LogP contribution >= 0.6 is 23.4 Å². The number of nitrogens with one attached hydrogen (secondary N) is 1. The summed E-state index contributed by atoms with van der Waals surface area (Å²) < 4.78 is 13.6. The van der Waals surface area contributed by atoms with Crippen molar-refractivity contribution in [1.29, 1.82) is 0 Å². The largest absolute Gasteiger partial charge is 0.323 e. The topological polar surface area (TPSA) is 72.2 Å². The van der Waals surface area contributed by atoms with E-state index < -0.39 is 16.6 Å². The number of carbonyl (C=O) groups excluding carboxylic acids is 1. The number of anilines is 1. The molecule has 0 aliphatic rings. The molecule has 23 heavy (non-hydrogen) atoms. The molecular formula is C15H12ClFN2O3S. The van der Waals surface area contributed by atoms with Crippen molar-refractivity contribution in [3.8, 4) is 0 Å². The molecule has 1 amide bonds. The van der Waals surface area contributed by atoms with E-state index in [-0.39, 0.29) is 17.1 Å².